The van der Waals surface area contributed by atoms with Crippen molar-refractivity contribution < 1.29 is 9.59 Å². The van der Waals surface area contributed by atoms with E-state index in [1.54, 1.807) is 42.5 Å². The smallest absolute Gasteiger partial charge is 0.251 e. The molecule has 0 aliphatic rings. The van der Waals surface area contributed by atoms with Gasteiger partial charge in [0.05, 0.1) is 6.54 Å². The van der Waals surface area contributed by atoms with Crippen molar-refractivity contribution in [3.05, 3.63) is 58.1 Å². The summed E-state index contributed by atoms with van der Waals surface area (Å²) in [5, 5.41) is 9.60. The highest BCUT2D eigenvalue weighted by molar-refractivity contribution is 6.35. The van der Waals surface area contributed by atoms with Crippen molar-refractivity contribution in [1.29, 1.82) is 0 Å². The zero-order valence-electron chi connectivity index (χ0n) is 14.6. The first kappa shape index (κ1) is 20.1. The molecule has 5 nitrogen and oxygen atoms in total. The minimum absolute atomic E-state index is 0.0624. The fourth-order valence-corrected chi connectivity index (χ4v) is 2.68. The van der Waals surface area contributed by atoms with Crippen LogP contribution in [0.15, 0.2) is 42.5 Å². The standard InChI is InChI=1S/C19H21Cl2N3O2/c1-3-12(2)23-19(26)13-4-6-16(7-5-13)24-18(25)11-22-17-9-14(20)8-15(21)10-17/h4-10,12,22H,3,11H2,1-2H3,(H,23,26)(H,24,25). The molecule has 0 saturated carbocycles. The molecule has 0 fully saturated rings. The maximum atomic E-state index is 12.0. The van der Waals surface area contributed by atoms with Crippen molar-refractivity contribution in [2.24, 2.45) is 0 Å². The predicted molar refractivity (Wildman–Crippen MR) is 107 cm³/mol. The first-order chi connectivity index (χ1) is 12.4. The van der Waals surface area contributed by atoms with Gasteiger partial charge in [-0.05, 0) is 55.8 Å². The Morgan fingerprint density at radius 2 is 1.62 bits per heavy atom. The fraction of sp³-hybridized carbons (Fsp3) is 0.263. The Bertz CT molecular complexity index is 759. The van der Waals surface area contributed by atoms with Gasteiger partial charge in [-0.25, -0.2) is 0 Å². The number of hydrogen-bond acceptors (Lipinski definition) is 3. The fourth-order valence-electron chi connectivity index (χ4n) is 2.16. The molecule has 0 aliphatic carbocycles. The van der Waals surface area contributed by atoms with E-state index in [0.29, 0.717) is 27.0 Å². The Balaban J connectivity index is 1.88. The maximum Gasteiger partial charge on any atom is 0.251 e. The molecule has 0 bridgehead atoms. The van der Waals surface area contributed by atoms with E-state index in [4.69, 9.17) is 23.2 Å². The summed E-state index contributed by atoms with van der Waals surface area (Å²) in [5.41, 5.74) is 1.82. The molecular formula is C19H21Cl2N3O2. The minimum Gasteiger partial charge on any atom is -0.376 e. The number of nitrogens with one attached hydrogen (secondary N) is 3. The monoisotopic (exact) mass is 393 g/mol. The molecule has 1 atom stereocenters. The summed E-state index contributed by atoms with van der Waals surface area (Å²) < 4.78 is 0. The van der Waals surface area contributed by atoms with E-state index in [0.717, 1.165) is 6.42 Å². The molecule has 2 rings (SSSR count). The van der Waals surface area contributed by atoms with Gasteiger partial charge in [0, 0.05) is 33.0 Å². The van der Waals surface area contributed by atoms with Crippen LogP contribution in [0, 0.1) is 0 Å². The Morgan fingerprint density at radius 3 is 2.19 bits per heavy atom. The Labute approximate surface area is 163 Å². The third-order valence-corrected chi connectivity index (χ3v) is 4.17. The molecule has 7 heteroatoms. The van der Waals surface area contributed by atoms with Gasteiger partial charge in [-0.2, -0.15) is 0 Å². The van der Waals surface area contributed by atoms with Crippen molar-refractivity contribution in [2.45, 2.75) is 26.3 Å². The minimum atomic E-state index is -0.224. The lowest BCUT2D eigenvalue weighted by Gasteiger charge is -2.12. The summed E-state index contributed by atoms with van der Waals surface area (Å²) in [6.07, 6.45) is 0.866. The quantitative estimate of drug-likeness (QED) is 0.644. The second-order valence-electron chi connectivity index (χ2n) is 5.92. The van der Waals surface area contributed by atoms with Crippen molar-refractivity contribution in [3.63, 3.8) is 0 Å². The molecule has 0 aromatic heterocycles. The Kier molecular flexibility index (Phi) is 7.30. The van der Waals surface area contributed by atoms with Crippen LogP contribution in [0.4, 0.5) is 11.4 Å². The van der Waals surface area contributed by atoms with E-state index in [1.165, 1.54) is 0 Å². The number of hydrogen-bond donors (Lipinski definition) is 3. The second kappa shape index (κ2) is 9.46. The van der Waals surface area contributed by atoms with Gasteiger partial charge < -0.3 is 16.0 Å². The van der Waals surface area contributed by atoms with Gasteiger partial charge in [-0.15, -0.1) is 0 Å². The summed E-state index contributed by atoms with van der Waals surface area (Å²) in [7, 11) is 0. The number of carbonyl (C=O) groups is 2. The van der Waals surface area contributed by atoms with Crippen molar-refractivity contribution in [3.8, 4) is 0 Å². The molecule has 0 heterocycles. The number of carbonyl (C=O) groups excluding carboxylic acids is 2. The molecule has 0 saturated heterocycles. The van der Waals surface area contributed by atoms with Crippen LogP contribution in [-0.2, 0) is 4.79 Å². The average Bonchev–Trinajstić information content (AvgIpc) is 2.59. The Morgan fingerprint density at radius 1 is 1.00 bits per heavy atom. The summed E-state index contributed by atoms with van der Waals surface area (Å²) in [6.45, 7) is 4.02. The number of benzene rings is 2. The highest BCUT2D eigenvalue weighted by Gasteiger charge is 2.09. The zero-order chi connectivity index (χ0) is 19.1. The molecule has 138 valence electrons. The third kappa shape index (κ3) is 6.24. The van der Waals surface area contributed by atoms with Crippen LogP contribution in [0.3, 0.4) is 0 Å². The Hall–Kier alpha value is -2.24. The summed E-state index contributed by atoms with van der Waals surface area (Å²) in [6, 6.07) is 11.9. The highest BCUT2D eigenvalue weighted by Crippen LogP contribution is 2.22. The summed E-state index contributed by atoms with van der Waals surface area (Å²) in [4.78, 5) is 24.1. The molecule has 0 radical (unpaired) electrons. The van der Waals surface area contributed by atoms with Gasteiger partial charge in [0.25, 0.3) is 5.91 Å². The third-order valence-electron chi connectivity index (χ3n) is 3.74. The van der Waals surface area contributed by atoms with E-state index in [1.807, 2.05) is 13.8 Å². The molecule has 2 aromatic rings. The molecule has 0 aliphatic heterocycles. The van der Waals surface area contributed by atoms with Gasteiger partial charge in [-0.3, -0.25) is 9.59 Å². The maximum absolute atomic E-state index is 12.0. The second-order valence-corrected chi connectivity index (χ2v) is 6.79. The largest absolute Gasteiger partial charge is 0.376 e. The predicted octanol–water partition coefficient (Wildman–Crippen LogP) is 4.57. The van der Waals surface area contributed by atoms with E-state index in [2.05, 4.69) is 16.0 Å². The van der Waals surface area contributed by atoms with Crippen LogP contribution in [0.5, 0.6) is 0 Å². The molecular weight excluding hydrogens is 373 g/mol. The van der Waals surface area contributed by atoms with Gasteiger partial charge in [0.15, 0.2) is 0 Å². The molecule has 2 amide bonds. The number of amides is 2. The SMILES string of the molecule is CCC(C)NC(=O)c1ccc(NC(=O)CNc2cc(Cl)cc(Cl)c2)cc1. The van der Waals surface area contributed by atoms with Crippen LogP contribution in [0.2, 0.25) is 10.0 Å². The zero-order valence-corrected chi connectivity index (χ0v) is 16.1. The lowest BCUT2D eigenvalue weighted by Crippen LogP contribution is -2.31. The van der Waals surface area contributed by atoms with Gasteiger partial charge in [0.2, 0.25) is 5.91 Å². The first-order valence-electron chi connectivity index (χ1n) is 8.28. The first-order valence-corrected chi connectivity index (χ1v) is 9.03. The van der Waals surface area contributed by atoms with Crippen LogP contribution < -0.4 is 16.0 Å². The van der Waals surface area contributed by atoms with Crippen LogP contribution in [-0.4, -0.2) is 24.4 Å². The van der Waals surface area contributed by atoms with E-state index >= 15 is 0 Å². The lowest BCUT2D eigenvalue weighted by molar-refractivity contribution is -0.114. The van der Waals surface area contributed by atoms with Crippen LogP contribution in [0.25, 0.3) is 0 Å². The van der Waals surface area contributed by atoms with Crippen molar-refractivity contribution in [1.82, 2.24) is 5.32 Å². The molecule has 3 N–H and O–H groups in total. The van der Waals surface area contributed by atoms with Gasteiger partial charge in [0.1, 0.15) is 0 Å². The molecule has 26 heavy (non-hydrogen) atoms. The lowest BCUT2D eigenvalue weighted by atomic mass is 10.1. The van der Waals surface area contributed by atoms with Crippen molar-refractivity contribution in [2.75, 3.05) is 17.2 Å². The highest BCUT2D eigenvalue weighted by atomic mass is 35.5. The molecule has 2 aromatic carbocycles. The summed E-state index contributed by atoms with van der Waals surface area (Å²) in [5.74, 6) is -0.352. The van der Waals surface area contributed by atoms with E-state index in [-0.39, 0.29) is 24.4 Å². The topological polar surface area (TPSA) is 70.2 Å². The van der Waals surface area contributed by atoms with Gasteiger partial charge in [-0.1, -0.05) is 30.1 Å². The van der Waals surface area contributed by atoms with Crippen LogP contribution >= 0.6 is 23.2 Å². The van der Waals surface area contributed by atoms with E-state index in [9.17, 15) is 9.59 Å². The molecule has 0 spiro atoms. The number of rotatable bonds is 7. The normalized spacial score (nSPS) is 11.5. The molecule has 1 unspecified atom stereocenters. The van der Waals surface area contributed by atoms with E-state index < -0.39 is 0 Å². The van der Waals surface area contributed by atoms with Crippen molar-refractivity contribution >= 4 is 46.4 Å². The number of anilines is 2. The number of halogens is 2. The average molecular weight is 394 g/mol. The summed E-state index contributed by atoms with van der Waals surface area (Å²) >= 11 is 11.8. The van der Waals surface area contributed by atoms with Crippen LogP contribution in [0.1, 0.15) is 30.6 Å². The van der Waals surface area contributed by atoms with Gasteiger partial charge >= 0.3 is 0 Å².